The third-order valence-electron chi connectivity index (χ3n) is 2.90. The number of hydrogen-bond donors (Lipinski definition) is 1. The zero-order valence-electron chi connectivity index (χ0n) is 8.73. The minimum absolute atomic E-state index is 0.0535. The number of rotatable bonds is 3. The first-order valence-electron chi connectivity index (χ1n) is 5.36. The normalized spacial score (nSPS) is 21.0. The van der Waals surface area contributed by atoms with Crippen LogP contribution in [0.4, 0.5) is 0 Å². The first kappa shape index (κ1) is 10.2. The van der Waals surface area contributed by atoms with E-state index in [4.69, 9.17) is 5.73 Å². The van der Waals surface area contributed by atoms with Gasteiger partial charge >= 0.3 is 0 Å². The fraction of sp³-hybridized carbons (Fsp3) is 0.417. The number of carbonyl (C=O) groups excluding carboxylic acids is 1. The molecule has 1 amide bonds. The molecule has 2 rings (SSSR count). The molecule has 1 aliphatic heterocycles. The summed E-state index contributed by atoms with van der Waals surface area (Å²) in [6.07, 6.45) is 0.919. The molecule has 2 N–H and O–H groups in total. The highest BCUT2D eigenvalue weighted by Gasteiger charge is 2.31. The summed E-state index contributed by atoms with van der Waals surface area (Å²) in [6.45, 7) is 2.07. The monoisotopic (exact) mass is 204 g/mol. The van der Waals surface area contributed by atoms with Gasteiger partial charge in [-0.2, -0.15) is 0 Å². The van der Waals surface area contributed by atoms with Crippen molar-refractivity contribution in [3.8, 4) is 0 Å². The van der Waals surface area contributed by atoms with Crippen LogP contribution >= 0.6 is 0 Å². The smallest absolute Gasteiger partial charge is 0.230 e. The van der Waals surface area contributed by atoms with Gasteiger partial charge in [0, 0.05) is 19.6 Å². The van der Waals surface area contributed by atoms with Crippen LogP contribution in [0.2, 0.25) is 0 Å². The van der Waals surface area contributed by atoms with E-state index in [2.05, 4.69) is 0 Å². The predicted molar refractivity (Wildman–Crippen MR) is 59.4 cm³/mol. The summed E-state index contributed by atoms with van der Waals surface area (Å²) in [4.78, 5) is 13.8. The lowest BCUT2D eigenvalue weighted by atomic mass is 9.98. The van der Waals surface area contributed by atoms with Crippen molar-refractivity contribution < 1.29 is 4.79 Å². The Morgan fingerprint density at radius 2 is 2.07 bits per heavy atom. The van der Waals surface area contributed by atoms with Crippen LogP contribution in [0.25, 0.3) is 0 Å². The molecule has 3 heteroatoms. The Labute approximate surface area is 89.9 Å². The van der Waals surface area contributed by atoms with E-state index < -0.39 is 0 Å². The van der Waals surface area contributed by atoms with Gasteiger partial charge in [0.2, 0.25) is 5.91 Å². The van der Waals surface area contributed by atoms with Crippen LogP contribution in [-0.4, -0.2) is 30.4 Å². The molecule has 0 radical (unpaired) electrons. The van der Waals surface area contributed by atoms with Crippen molar-refractivity contribution in [2.75, 3.05) is 19.6 Å². The third kappa shape index (κ3) is 2.02. The van der Waals surface area contributed by atoms with Crippen molar-refractivity contribution in [1.29, 1.82) is 0 Å². The quantitative estimate of drug-likeness (QED) is 0.797. The minimum atomic E-state index is 0.0535. The van der Waals surface area contributed by atoms with E-state index in [1.165, 1.54) is 0 Å². The third-order valence-corrected chi connectivity index (χ3v) is 2.90. The molecule has 1 saturated heterocycles. The fourth-order valence-corrected chi connectivity index (χ4v) is 2.11. The van der Waals surface area contributed by atoms with E-state index in [9.17, 15) is 4.79 Å². The molecule has 1 atom stereocenters. The van der Waals surface area contributed by atoms with Gasteiger partial charge in [-0.15, -0.1) is 0 Å². The van der Waals surface area contributed by atoms with E-state index in [1.54, 1.807) is 0 Å². The Bertz CT molecular complexity index is 337. The molecule has 1 heterocycles. The number of nitrogens with zero attached hydrogens (tertiary/aromatic N) is 1. The van der Waals surface area contributed by atoms with Gasteiger partial charge in [-0.05, 0) is 12.0 Å². The highest BCUT2D eigenvalue weighted by atomic mass is 16.2. The largest absolute Gasteiger partial charge is 0.341 e. The van der Waals surface area contributed by atoms with Gasteiger partial charge in [0.15, 0.2) is 0 Å². The van der Waals surface area contributed by atoms with Crippen LogP contribution in [-0.2, 0) is 4.79 Å². The molecule has 0 aliphatic carbocycles. The van der Waals surface area contributed by atoms with Gasteiger partial charge in [-0.25, -0.2) is 0 Å². The molecule has 0 aromatic heterocycles. The van der Waals surface area contributed by atoms with Crippen LogP contribution in [0.3, 0.4) is 0 Å². The molecule has 0 bridgehead atoms. The summed E-state index contributed by atoms with van der Waals surface area (Å²) < 4.78 is 0. The second-order valence-electron chi connectivity index (χ2n) is 3.87. The maximum atomic E-state index is 12.0. The van der Waals surface area contributed by atoms with Gasteiger partial charge in [0.25, 0.3) is 0 Å². The Hall–Kier alpha value is -1.35. The average molecular weight is 204 g/mol. The molecule has 1 fully saturated rings. The molecular formula is C12H16N2O. The Kier molecular flexibility index (Phi) is 3.02. The van der Waals surface area contributed by atoms with Crippen molar-refractivity contribution in [2.24, 2.45) is 5.73 Å². The van der Waals surface area contributed by atoms with E-state index >= 15 is 0 Å². The van der Waals surface area contributed by atoms with Gasteiger partial charge in [0.05, 0.1) is 5.92 Å². The zero-order valence-corrected chi connectivity index (χ0v) is 8.73. The van der Waals surface area contributed by atoms with Gasteiger partial charge in [-0.1, -0.05) is 30.3 Å². The molecule has 3 nitrogen and oxygen atoms in total. The number of amides is 1. The minimum Gasteiger partial charge on any atom is -0.341 e. The molecule has 1 aromatic rings. The Morgan fingerprint density at radius 1 is 1.33 bits per heavy atom. The van der Waals surface area contributed by atoms with Crippen LogP contribution in [0.15, 0.2) is 30.3 Å². The first-order chi connectivity index (χ1) is 7.33. The number of nitrogens with two attached hydrogens (primary N) is 1. The maximum Gasteiger partial charge on any atom is 0.230 e. The molecule has 1 aliphatic rings. The van der Waals surface area contributed by atoms with Crippen molar-refractivity contribution in [3.05, 3.63) is 35.9 Å². The number of likely N-dealkylation sites (tertiary alicyclic amines) is 1. The van der Waals surface area contributed by atoms with Gasteiger partial charge in [-0.3, -0.25) is 4.79 Å². The second kappa shape index (κ2) is 4.45. The van der Waals surface area contributed by atoms with Crippen molar-refractivity contribution in [3.63, 3.8) is 0 Å². The van der Waals surface area contributed by atoms with E-state index in [0.29, 0.717) is 13.1 Å². The molecule has 1 aromatic carbocycles. The van der Waals surface area contributed by atoms with Crippen molar-refractivity contribution in [1.82, 2.24) is 4.90 Å². The standard InChI is InChI=1S/C12H16N2O/c13-7-9-14-8-6-11(12(14)15)10-4-2-1-3-5-10/h1-5,11H,6-9,13H2. The van der Waals surface area contributed by atoms with E-state index in [1.807, 2.05) is 35.2 Å². The van der Waals surface area contributed by atoms with Crippen LogP contribution in [0.5, 0.6) is 0 Å². The first-order valence-corrected chi connectivity index (χ1v) is 5.36. The predicted octanol–water partition coefficient (Wildman–Crippen LogP) is 0.961. The molecule has 0 saturated carbocycles. The van der Waals surface area contributed by atoms with Gasteiger partial charge in [0.1, 0.15) is 0 Å². The summed E-state index contributed by atoms with van der Waals surface area (Å²) in [5, 5.41) is 0. The van der Waals surface area contributed by atoms with E-state index in [-0.39, 0.29) is 11.8 Å². The maximum absolute atomic E-state index is 12.0. The number of benzene rings is 1. The van der Waals surface area contributed by atoms with Crippen LogP contribution in [0, 0.1) is 0 Å². The molecule has 80 valence electrons. The summed E-state index contributed by atoms with van der Waals surface area (Å²) in [6, 6.07) is 9.98. The number of hydrogen-bond acceptors (Lipinski definition) is 2. The Morgan fingerprint density at radius 3 is 2.73 bits per heavy atom. The second-order valence-corrected chi connectivity index (χ2v) is 3.87. The lowest BCUT2D eigenvalue weighted by Gasteiger charge is -2.15. The zero-order chi connectivity index (χ0) is 10.7. The Balaban J connectivity index is 2.11. The number of carbonyl (C=O) groups is 1. The molecular weight excluding hydrogens is 188 g/mol. The molecule has 0 spiro atoms. The van der Waals surface area contributed by atoms with Crippen molar-refractivity contribution >= 4 is 5.91 Å². The average Bonchev–Trinajstić information content (AvgIpc) is 2.63. The van der Waals surface area contributed by atoms with Crippen LogP contribution < -0.4 is 5.73 Å². The highest BCUT2D eigenvalue weighted by Crippen LogP contribution is 2.27. The lowest BCUT2D eigenvalue weighted by molar-refractivity contribution is -0.128. The summed E-state index contributed by atoms with van der Waals surface area (Å²) in [5.41, 5.74) is 6.59. The lowest BCUT2D eigenvalue weighted by Crippen LogP contribution is -2.31. The summed E-state index contributed by atoms with van der Waals surface area (Å²) >= 11 is 0. The topological polar surface area (TPSA) is 46.3 Å². The van der Waals surface area contributed by atoms with Crippen LogP contribution in [0.1, 0.15) is 17.9 Å². The SMILES string of the molecule is NCCN1CCC(c2ccccc2)C1=O. The van der Waals surface area contributed by atoms with Crippen molar-refractivity contribution in [2.45, 2.75) is 12.3 Å². The molecule has 15 heavy (non-hydrogen) atoms. The highest BCUT2D eigenvalue weighted by molar-refractivity contribution is 5.85. The molecule has 1 unspecified atom stereocenters. The summed E-state index contributed by atoms with van der Waals surface area (Å²) in [7, 11) is 0. The van der Waals surface area contributed by atoms with E-state index in [0.717, 1.165) is 18.5 Å². The summed E-state index contributed by atoms with van der Waals surface area (Å²) in [5.74, 6) is 0.282. The van der Waals surface area contributed by atoms with Gasteiger partial charge < -0.3 is 10.6 Å². The fourth-order valence-electron chi connectivity index (χ4n) is 2.11.